The summed E-state index contributed by atoms with van der Waals surface area (Å²) in [5, 5.41) is 6.15. The van der Waals surface area contributed by atoms with Crippen molar-refractivity contribution in [1.29, 1.82) is 0 Å². The summed E-state index contributed by atoms with van der Waals surface area (Å²) in [5.41, 5.74) is 8.72. The number of nitrogens with one attached hydrogen (secondary N) is 4. The number of piperazine rings is 2. The molecule has 2 aromatic heterocycles. The Bertz CT molecular complexity index is 2950. The van der Waals surface area contributed by atoms with Crippen LogP contribution in [-0.2, 0) is 29.3 Å². The number of imidazole rings is 2. The second-order valence-electron chi connectivity index (χ2n) is 20.2. The molecule has 4 N–H and O–H groups in total. The van der Waals surface area contributed by atoms with E-state index in [4.69, 9.17) is 19.4 Å². The highest BCUT2D eigenvalue weighted by Crippen LogP contribution is 2.51. The lowest BCUT2D eigenvalue weighted by molar-refractivity contribution is -0.136. The monoisotopic (exact) mass is 1020 g/mol. The van der Waals surface area contributed by atoms with E-state index in [0.29, 0.717) is 70.6 Å². The summed E-state index contributed by atoms with van der Waals surface area (Å²) in [6, 6.07) is 24.5. The van der Waals surface area contributed by atoms with Crippen molar-refractivity contribution in [1.82, 2.24) is 60.0 Å². The highest BCUT2D eigenvalue weighted by atomic mass is 16.5. The Morgan fingerprint density at radius 2 is 1.11 bits per heavy atom. The first-order chi connectivity index (χ1) is 36.5. The third-order valence-electron chi connectivity index (χ3n) is 14.9. The fourth-order valence-electron chi connectivity index (χ4n) is 10.5. The number of benzene rings is 4. The number of rotatable bonds is 16. The zero-order valence-electron chi connectivity index (χ0n) is 43.6. The van der Waals surface area contributed by atoms with Crippen molar-refractivity contribution in [2.24, 2.45) is 0 Å². The molecule has 75 heavy (non-hydrogen) atoms. The molecule has 0 spiro atoms. The summed E-state index contributed by atoms with van der Waals surface area (Å²) < 4.78 is 13.1. The average Bonchev–Trinajstić information content (AvgIpc) is 4.14. The van der Waals surface area contributed by atoms with Crippen molar-refractivity contribution in [2.45, 2.75) is 71.5 Å². The van der Waals surface area contributed by atoms with Crippen LogP contribution >= 0.6 is 0 Å². The Balaban J connectivity index is 0.848. The maximum Gasteiger partial charge on any atom is 0.318 e. The van der Waals surface area contributed by atoms with Gasteiger partial charge in [0.2, 0.25) is 11.8 Å². The molecule has 6 amide bonds. The van der Waals surface area contributed by atoms with Crippen LogP contribution in [0.5, 0.6) is 11.5 Å². The third kappa shape index (κ3) is 10.9. The van der Waals surface area contributed by atoms with E-state index in [1.165, 1.54) is 0 Å². The lowest BCUT2D eigenvalue weighted by atomic mass is 9.87. The molecule has 18 nitrogen and oxygen atoms in total. The molecule has 10 rings (SSSR count). The standard InChI is InChI=1S/C57H68N12O6/c1-6-18-68(54(70)51(38-14-10-8-11-15-38)62-56(72)66-24-20-64(4)21-25-66)34-48-58-32-44(60-48)40-28-42-35-75-47-31-41(29-43-36-74-46(30-40)49(42)50(43)47)45-33-59-53(61-45)37(3)69(19-7-2)55(71)52(39-16-12-9-13-17-39)63-57(73)67-26-22-65(5)23-27-67/h8-17,28-33,37,51-52H,6-7,18-27,34-36H2,1-5H3,(H,58,60)(H,59,61)(H,62,72)(H,63,73)/t37-,51+,52+/m0/s1. The van der Waals surface area contributed by atoms with Crippen LogP contribution in [0.1, 0.15) is 85.6 Å². The first kappa shape index (κ1) is 50.8. The molecule has 392 valence electrons. The van der Waals surface area contributed by atoms with E-state index < -0.39 is 18.1 Å². The summed E-state index contributed by atoms with van der Waals surface area (Å²) in [5.74, 6) is 2.35. The Morgan fingerprint density at radius 1 is 0.627 bits per heavy atom. The molecule has 0 aliphatic carbocycles. The van der Waals surface area contributed by atoms with Gasteiger partial charge in [-0.1, -0.05) is 74.5 Å². The number of carbonyl (C=O) groups is 4. The summed E-state index contributed by atoms with van der Waals surface area (Å²) in [6.07, 6.45) is 5.02. The number of carbonyl (C=O) groups excluding carboxylic acids is 4. The Labute approximate surface area is 438 Å². The van der Waals surface area contributed by atoms with Crippen molar-refractivity contribution in [2.75, 3.05) is 79.5 Å². The zero-order valence-corrected chi connectivity index (χ0v) is 43.6. The highest BCUT2D eigenvalue weighted by Gasteiger charge is 2.35. The fourth-order valence-corrected chi connectivity index (χ4v) is 10.5. The highest BCUT2D eigenvalue weighted by molar-refractivity contribution is 5.90. The summed E-state index contributed by atoms with van der Waals surface area (Å²) in [6.45, 7) is 13.3. The minimum atomic E-state index is -0.874. The predicted octanol–water partition coefficient (Wildman–Crippen LogP) is 7.35. The number of likely N-dealkylation sites (N-methyl/N-ethyl adjacent to an activating group) is 2. The van der Waals surface area contributed by atoms with E-state index in [-0.39, 0.29) is 30.4 Å². The zero-order chi connectivity index (χ0) is 52.2. The van der Waals surface area contributed by atoms with Gasteiger partial charge in [-0.25, -0.2) is 19.6 Å². The number of amides is 6. The molecule has 0 unspecified atom stereocenters. The molecule has 6 aromatic rings. The van der Waals surface area contributed by atoms with Crippen molar-refractivity contribution in [3.63, 3.8) is 0 Å². The van der Waals surface area contributed by atoms with Gasteiger partial charge in [-0.15, -0.1) is 0 Å². The number of H-pyrrole nitrogens is 2. The lowest BCUT2D eigenvalue weighted by Gasteiger charge is -2.35. The summed E-state index contributed by atoms with van der Waals surface area (Å²) in [4.78, 5) is 84.3. The Hall–Kier alpha value is -7.70. The normalized spacial score (nSPS) is 16.4. The van der Waals surface area contributed by atoms with Crippen LogP contribution in [0.25, 0.3) is 33.6 Å². The molecule has 2 fully saturated rings. The molecule has 18 heteroatoms. The molecule has 6 heterocycles. The van der Waals surface area contributed by atoms with Crippen LogP contribution in [0.15, 0.2) is 97.3 Å². The fraction of sp³-hybridized carbons (Fsp3) is 0.404. The number of aromatic nitrogens is 4. The molecule has 4 aromatic carbocycles. The minimum absolute atomic E-state index is 0.199. The van der Waals surface area contributed by atoms with Crippen LogP contribution < -0.4 is 20.1 Å². The van der Waals surface area contributed by atoms with Gasteiger partial charge in [0.15, 0.2) is 0 Å². The van der Waals surface area contributed by atoms with E-state index in [0.717, 1.165) is 100.0 Å². The molecule has 0 bridgehead atoms. The van der Waals surface area contributed by atoms with Crippen molar-refractivity contribution in [3.8, 4) is 45.1 Å². The van der Waals surface area contributed by atoms with Gasteiger partial charge in [-0.3, -0.25) is 9.59 Å². The smallest absolute Gasteiger partial charge is 0.318 e. The number of aromatic amines is 2. The third-order valence-corrected chi connectivity index (χ3v) is 14.9. The van der Waals surface area contributed by atoms with Crippen molar-refractivity contribution < 1.29 is 28.7 Å². The molecule has 3 atom stereocenters. The largest absolute Gasteiger partial charge is 0.488 e. The van der Waals surface area contributed by atoms with Crippen LogP contribution in [0.3, 0.4) is 0 Å². The SMILES string of the molecule is CCCN(Cc1ncc(-c2cc3c4c(c2)OCc2cc(-c5cnc([C@H](C)N(CCC)C(=O)[C@H](NC(=O)N6CCN(C)CC6)c6ccccc6)[nH]5)cc(c2-4)OC3)[nH]1)C(=O)[C@H](NC(=O)N1CCN(C)CC1)c1ccccc1. The lowest BCUT2D eigenvalue weighted by Crippen LogP contribution is -2.53. The van der Waals surface area contributed by atoms with E-state index in [1.54, 1.807) is 32.0 Å². The van der Waals surface area contributed by atoms with E-state index in [1.807, 2.05) is 108 Å². The molecule has 4 aliphatic heterocycles. The molecule has 2 saturated heterocycles. The van der Waals surface area contributed by atoms with Crippen molar-refractivity contribution in [3.05, 3.63) is 131 Å². The molecular formula is C57H68N12O6. The predicted molar refractivity (Wildman–Crippen MR) is 285 cm³/mol. The number of nitrogens with zero attached hydrogens (tertiary/aromatic N) is 8. The van der Waals surface area contributed by atoms with Crippen LogP contribution in [0.2, 0.25) is 0 Å². The van der Waals surface area contributed by atoms with Crippen LogP contribution in [-0.4, -0.2) is 153 Å². The topological polar surface area (TPSA) is 188 Å². The molecule has 0 saturated carbocycles. The van der Waals surface area contributed by atoms with Gasteiger partial charge in [0.25, 0.3) is 0 Å². The maximum atomic E-state index is 14.6. The molecule has 0 radical (unpaired) electrons. The molecule has 4 aliphatic rings. The molecular weight excluding hydrogens is 949 g/mol. The second kappa shape index (κ2) is 22.4. The second-order valence-corrected chi connectivity index (χ2v) is 20.2. The Morgan fingerprint density at radius 3 is 1.61 bits per heavy atom. The van der Waals surface area contributed by atoms with E-state index >= 15 is 0 Å². The van der Waals surface area contributed by atoms with Gasteiger partial charge in [0, 0.05) is 98.8 Å². The quantitative estimate of drug-likeness (QED) is 0.0764. The number of ether oxygens (including phenoxy) is 2. The van der Waals surface area contributed by atoms with Crippen molar-refractivity contribution >= 4 is 23.9 Å². The summed E-state index contributed by atoms with van der Waals surface area (Å²) in [7, 11) is 4.08. The van der Waals surface area contributed by atoms with Gasteiger partial charge >= 0.3 is 12.1 Å². The number of urea groups is 2. The maximum absolute atomic E-state index is 14.6. The minimum Gasteiger partial charge on any atom is -0.488 e. The van der Waals surface area contributed by atoms with Gasteiger partial charge < -0.3 is 59.5 Å². The van der Waals surface area contributed by atoms with Crippen LogP contribution in [0.4, 0.5) is 9.59 Å². The van der Waals surface area contributed by atoms with Gasteiger partial charge in [0.1, 0.15) is 48.4 Å². The Kier molecular flexibility index (Phi) is 15.2. The van der Waals surface area contributed by atoms with Crippen LogP contribution in [0, 0.1) is 0 Å². The van der Waals surface area contributed by atoms with E-state index in [2.05, 4.69) is 42.5 Å². The number of hydrogen-bond donors (Lipinski definition) is 4. The first-order valence-electron chi connectivity index (χ1n) is 26.3. The van der Waals surface area contributed by atoms with Gasteiger partial charge in [-0.2, -0.15) is 0 Å². The van der Waals surface area contributed by atoms with E-state index in [9.17, 15) is 19.2 Å². The average molecular weight is 1020 g/mol. The van der Waals surface area contributed by atoms with Gasteiger partial charge in [-0.05, 0) is 69.3 Å². The first-order valence-corrected chi connectivity index (χ1v) is 26.3. The number of hydrogen-bond acceptors (Lipinski definition) is 10. The summed E-state index contributed by atoms with van der Waals surface area (Å²) >= 11 is 0. The van der Waals surface area contributed by atoms with Gasteiger partial charge in [0.05, 0.1) is 36.4 Å².